The Balaban J connectivity index is 1.25. The fourth-order valence-electron chi connectivity index (χ4n) is 7.08. The molecule has 2 fully saturated rings. The van der Waals surface area contributed by atoms with E-state index in [1.165, 1.54) is 69.9 Å². The molecule has 1 aliphatic heterocycles. The smallest absolute Gasteiger partial charge is 0.222 e. The molecular formula is C33H42F3NO. The molecule has 2 aromatic carbocycles. The number of unbranched alkanes of at least 4 members (excludes halogenated alkanes) is 3. The molecule has 0 N–H and O–H groups in total. The Morgan fingerprint density at radius 2 is 1.61 bits per heavy atom. The minimum Gasteiger partial charge on any atom is -0.475 e. The van der Waals surface area contributed by atoms with Crippen molar-refractivity contribution in [2.24, 2.45) is 22.7 Å². The summed E-state index contributed by atoms with van der Waals surface area (Å²) in [6, 6.07) is 7.60. The lowest BCUT2D eigenvalue weighted by molar-refractivity contribution is 0.113. The van der Waals surface area contributed by atoms with Gasteiger partial charge in [0, 0.05) is 5.56 Å². The van der Waals surface area contributed by atoms with Gasteiger partial charge in [-0.3, -0.25) is 0 Å². The molecule has 3 aliphatic rings. The minimum atomic E-state index is -0.792. The van der Waals surface area contributed by atoms with Crippen LogP contribution in [0, 0.1) is 35.2 Å². The Morgan fingerprint density at radius 3 is 2.29 bits per heavy atom. The Hall–Kier alpha value is -2.30. The first-order valence-electron chi connectivity index (χ1n) is 14.8. The number of halogens is 3. The van der Waals surface area contributed by atoms with Crippen LogP contribution in [0.5, 0.6) is 0 Å². The Bertz CT molecular complexity index is 1150. The minimum absolute atomic E-state index is 0.0338. The third-order valence-corrected chi connectivity index (χ3v) is 9.19. The molecule has 38 heavy (non-hydrogen) atoms. The number of aliphatic imine (C=N–C) groups is 1. The molecule has 2 nitrogen and oxygen atoms in total. The summed E-state index contributed by atoms with van der Waals surface area (Å²) in [5.41, 5.74) is 0.599. The van der Waals surface area contributed by atoms with Crippen LogP contribution in [0.2, 0.25) is 0 Å². The normalized spacial score (nSPS) is 26.5. The predicted molar refractivity (Wildman–Crippen MR) is 148 cm³/mol. The molecule has 2 aromatic rings. The van der Waals surface area contributed by atoms with Crippen molar-refractivity contribution in [2.75, 3.05) is 6.61 Å². The zero-order valence-corrected chi connectivity index (χ0v) is 23.2. The molecule has 5 rings (SSSR count). The van der Waals surface area contributed by atoms with E-state index in [4.69, 9.17) is 4.74 Å². The lowest BCUT2D eigenvalue weighted by Gasteiger charge is -2.42. The molecule has 0 amide bonds. The van der Waals surface area contributed by atoms with Crippen LogP contribution in [0.15, 0.2) is 35.3 Å². The third kappa shape index (κ3) is 5.97. The van der Waals surface area contributed by atoms with Crippen LogP contribution >= 0.6 is 0 Å². The number of benzene rings is 2. The first-order chi connectivity index (χ1) is 18.2. The molecule has 0 aromatic heterocycles. The van der Waals surface area contributed by atoms with Gasteiger partial charge in [0.15, 0.2) is 0 Å². The Kier molecular flexibility index (Phi) is 8.21. The van der Waals surface area contributed by atoms with Gasteiger partial charge in [-0.2, -0.15) is 0 Å². The van der Waals surface area contributed by atoms with Gasteiger partial charge in [0.25, 0.3) is 0 Å². The van der Waals surface area contributed by atoms with Gasteiger partial charge in [0.2, 0.25) is 5.90 Å². The van der Waals surface area contributed by atoms with E-state index >= 15 is 4.39 Å². The van der Waals surface area contributed by atoms with Gasteiger partial charge in [-0.1, -0.05) is 57.6 Å². The average Bonchev–Trinajstić information content (AvgIpc) is 3.24. The molecule has 0 bridgehead atoms. The van der Waals surface area contributed by atoms with Crippen LogP contribution in [-0.2, 0) is 4.74 Å². The van der Waals surface area contributed by atoms with E-state index in [1.807, 2.05) is 19.9 Å². The van der Waals surface area contributed by atoms with E-state index < -0.39 is 23.0 Å². The zero-order valence-electron chi connectivity index (χ0n) is 23.2. The van der Waals surface area contributed by atoms with Crippen LogP contribution in [0.4, 0.5) is 13.2 Å². The van der Waals surface area contributed by atoms with Crippen LogP contribution < -0.4 is 0 Å². The van der Waals surface area contributed by atoms with Crippen molar-refractivity contribution in [1.29, 1.82) is 0 Å². The van der Waals surface area contributed by atoms with Gasteiger partial charge in [-0.15, -0.1) is 0 Å². The summed E-state index contributed by atoms with van der Waals surface area (Å²) >= 11 is 0. The summed E-state index contributed by atoms with van der Waals surface area (Å²) in [4.78, 5) is 4.29. The van der Waals surface area contributed by atoms with Crippen molar-refractivity contribution in [3.05, 3.63) is 58.9 Å². The fourth-order valence-corrected chi connectivity index (χ4v) is 7.08. The first-order valence-corrected chi connectivity index (χ1v) is 14.8. The lowest BCUT2D eigenvalue weighted by Crippen LogP contribution is -2.30. The molecule has 4 atom stereocenters. The molecule has 206 valence electrons. The predicted octanol–water partition coefficient (Wildman–Crippen LogP) is 9.60. The molecule has 0 radical (unpaired) electrons. The second kappa shape index (κ2) is 11.4. The van der Waals surface area contributed by atoms with Gasteiger partial charge >= 0.3 is 0 Å². The highest BCUT2D eigenvalue weighted by Crippen LogP contribution is 2.48. The first kappa shape index (κ1) is 27.3. The van der Waals surface area contributed by atoms with Gasteiger partial charge in [-0.25, -0.2) is 18.2 Å². The SMILES string of the molecule is CCCCCCC1CC[C@@H]2C[C@H](c3ccc(-c4cc(F)c(C5=NC(C)(C)CO5)c(F)c4)c(F)c3)CC[C@@H]2C1. The Labute approximate surface area is 226 Å². The van der Waals surface area contributed by atoms with E-state index in [0.717, 1.165) is 36.2 Å². The van der Waals surface area contributed by atoms with Crippen molar-refractivity contribution >= 4 is 5.90 Å². The lowest BCUT2D eigenvalue weighted by atomic mass is 9.63. The summed E-state index contributed by atoms with van der Waals surface area (Å²) < 4.78 is 50.7. The van der Waals surface area contributed by atoms with Crippen molar-refractivity contribution in [1.82, 2.24) is 0 Å². The fraction of sp³-hybridized carbons (Fsp3) is 0.606. The highest BCUT2D eigenvalue weighted by atomic mass is 19.1. The standard InChI is InChI=1S/C33H42F3NO/c1-4-5-6-7-8-21-9-10-23-16-24(12-11-22(23)15-21)25-13-14-27(28(34)17-25)26-18-29(35)31(30(36)19-26)32-37-33(2,3)20-38-32/h13-14,17-19,21-24H,4-12,15-16,20H2,1-3H3/t21?,22-,23-,24-/m1/s1. The van der Waals surface area contributed by atoms with Crippen LogP contribution in [0.1, 0.15) is 108 Å². The number of hydrogen-bond donors (Lipinski definition) is 0. The zero-order chi connectivity index (χ0) is 26.9. The summed E-state index contributed by atoms with van der Waals surface area (Å²) in [7, 11) is 0. The molecule has 0 spiro atoms. The summed E-state index contributed by atoms with van der Waals surface area (Å²) in [6.45, 7) is 6.22. The van der Waals surface area contributed by atoms with Gasteiger partial charge in [-0.05, 0) is 98.9 Å². The van der Waals surface area contributed by atoms with E-state index in [0.29, 0.717) is 5.92 Å². The summed E-state index contributed by atoms with van der Waals surface area (Å²) in [5, 5.41) is 0. The second-order valence-electron chi connectivity index (χ2n) is 12.6. The third-order valence-electron chi connectivity index (χ3n) is 9.19. The van der Waals surface area contributed by atoms with Crippen molar-refractivity contribution in [2.45, 2.75) is 103 Å². The monoisotopic (exact) mass is 525 g/mol. The van der Waals surface area contributed by atoms with Gasteiger partial charge in [0.05, 0.1) is 5.54 Å². The maximum absolute atomic E-state index is 15.3. The highest BCUT2D eigenvalue weighted by Gasteiger charge is 2.36. The highest BCUT2D eigenvalue weighted by molar-refractivity contribution is 5.96. The number of fused-ring (bicyclic) bond motifs is 1. The quantitative estimate of drug-likeness (QED) is 0.314. The molecule has 1 heterocycles. The number of hydrogen-bond acceptors (Lipinski definition) is 2. The number of nitrogens with zero attached hydrogens (tertiary/aromatic N) is 1. The second-order valence-corrected chi connectivity index (χ2v) is 12.6. The largest absolute Gasteiger partial charge is 0.475 e. The maximum atomic E-state index is 15.3. The van der Waals surface area contributed by atoms with Gasteiger partial charge < -0.3 is 4.74 Å². The van der Waals surface area contributed by atoms with E-state index in [9.17, 15) is 8.78 Å². The summed E-state index contributed by atoms with van der Waals surface area (Å²) in [5.74, 6) is 0.771. The summed E-state index contributed by atoms with van der Waals surface area (Å²) in [6.07, 6.45) is 14.3. The van der Waals surface area contributed by atoms with E-state index in [1.54, 1.807) is 12.1 Å². The van der Waals surface area contributed by atoms with Crippen LogP contribution in [0.25, 0.3) is 11.1 Å². The number of rotatable bonds is 8. The maximum Gasteiger partial charge on any atom is 0.222 e. The number of ether oxygens (including phenoxy) is 1. The molecule has 5 heteroatoms. The van der Waals surface area contributed by atoms with E-state index in [2.05, 4.69) is 11.9 Å². The topological polar surface area (TPSA) is 21.6 Å². The van der Waals surface area contributed by atoms with E-state index in [-0.39, 0.29) is 29.2 Å². The molecule has 0 saturated heterocycles. The van der Waals surface area contributed by atoms with Crippen LogP contribution in [-0.4, -0.2) is 18.0 Å². The van der Waals surface area contributed by atoms with Gasteiger partial charge in [0.1, 0.15) is 29.6 Å². The average molecular weight is 526 g/mol. The molecule has 2 aliphatic carbocycles. The van der Waals surface area contributed by atoms with Crippen molar-refractivity contribution in [3.8, 4) is 11.1 Å². The van der Waals surface area contributed by atoms with Crippen LogP contribution in [0.3, 0.4) is 0 Å². The Morgan fingerprint density at radius 1 is 0.868 bits per heavy atom. The van der Waals surface area contributed by atoms with Crippen molar-refractivity contribution < 1.29 is 17.9 Å². The molecule has 2 saturated carbocycles. The molecule has 1 unspecified atom stereocenters. The van der Waals surface area contributed by atoms with Crippen molar-refractivity contribution in [3.63, 3.8) is 0 Å². The molecular weight excluding hydrogens is 483 g/mol.